The van der Waals surface area contributed by atoms with E-state index < -0.39 is 0 Å². The molecule has 2 amide bonds. The van der Waals surface area contributed by atoms with Crippen LogP contribution >= 0.6 is 0 Å². The average Bonchev–Trinajstić information content (AvgIpc) is 2.57. The van der Waals surface area contributed by atoms with Gasteiger partial charge >= 0.3 is 0 Å². The molecule has 4 nitrogen and oxygen atoms in total. The maximum Gasteiger partial charge on any atom is 0.225 e. The Labute approximate surface area is 171 Å². The highest BCUT2D eigenvalue weighted by Gasteiger charge is 2.60. The summed E-state index contributed by atoms with van der Waals surface area (Å²) in [5.74, 6) is 1.92. The molecule has 1 N–H and O–H groups in total. The monoisotopic (exact) mass is 388 g/mol. The Morgan fingerprint density at radius 1 is 1.04 bits per heavy atom. The van der Waals surface area contributed by atoms with Crippen LogP contribution in [0.1, 0.15) is 91.9 Å². The van der Waals surface area contributed by atoms with E-state index in [1.54, 1.807) is 0 Å². The number of carbonyl (C=O) groups excluding carboxylic acids is 2. The van der Waals surface area contributed by atoms with E-state index in [0.29, 0.717) is 29.1 Å². The summed E-state index contributed by atoms with van der Waals surface area (Å²) in [7, 11) is 0. The van der Waals surface area contributed by atoms with Crippen molar-refractivity contribution in [2.45, 2.75) is 97.4 Å². The van der Waals surface area contributed by atoms with Gasteiger partial charge in [-0.15, -0.1) is 0 Å². The summed E-state index contributed by atoms with van der Waals surface area (Å²) < 4.78 is 0. The van der Waals surface area contributed by atoms with Crippen molar-refractivity contribution in [2.75, 3.05) is 13.1 Å². The Hall–Kier alpha value is -1.06. The molecule has 0 aromatic carbocycles. The molecule has 1 aliphatic heterocycles. The van der Waals surface area contributed by atoms with Crippen LogP contribution in [0.4, 0.5) is 0 Å². The van der Waals surface area contributed by atoms with Crippen molar-refractivity contribution in [1.82, 2.24) is 10.2 Å². The largest absolute Gasteiger partial charge is 0.351 e. The number of hydrogen-bond donors (Lipinski definition) is 1. The smallest absolute Gasteiger partial charge is 0.225 e. The SMILES string of the molecule is CCC(C)C(=O)N1CCC(CC(=O)NC23CC4C[C@@](C)(C2)C[C@](C)(C4)C3)CC1. The van der Waals surface area contributed by atoms with Gasteiger partial charge in [-0.3, -0.25) is 9.59 Å². The zero-order valence-corrected chi connectivity index (χ0v) is 18.5. The van der Waals surface area contributed by atoms with E-state index in [0.717, 1.165) is 38.3 Å². The molecule has 5 aliphatic rings. The van der Waals surface area contributed by atoms with Gasteiger partial charge in [0.05, 0.1) is 0 Å². The highest BCUT2D eigenvalue weighted by molar-refractivity contribution is 5.79. The summed E-state index contributed by atoms with van der Waals surface area (Å²) in [6.45, 7) is 10.7. The van der Waals surface area contributed by atoms with Gasteiger partial charge in [0.15, 0.2) is 0 Å². The van der Waals surface area contributed by atoms with E-state index >= 15 is 0 Å². The lowest BCUT2D eigenvalue weighted by molar-refractivity contribution is -0.140. The van der Waals surface area contributed by atoms with Crippen molar-refractivity contribution < 1.29 is 9.59 Å². The maximum atomic E-state index is 13.0. The number of nitrogens with zero attached hydrogens (tertiary/aromatic N) is 1. The molecule has 5 atom stereocenters. The number of carbonyl (C=O) groups is 2. The Balaban J connectivity index is 1.31. The molecule has 0 radical (unpaired) electrons. The van der Waals surface area contributed by atoms with Gasteiger partial charge in [-0.2, -0.15) is 0 Å². The van der Waals surface area contributed by atoms with Gasteiger partial charge in [0.2, 0.25) is 11.8 Å². The molecule has 4 bridgehead atoms. The van der Waals surface area contributed by atoms with Gasteiger partial charge in [0.25, 0.3) is 0 Å². The third kappa shape index (κ3) is 3.85. The van der Waals surface area contributed by atoms with Crippen molar-refractivity contribution in [1.29, 1.82) is 0 Å². The Morgan fingerprint density at radius 2 is 1.64 bits per heavy atom. The standard InChI is InChI=1S/C24H40N2O2/c1-5-17(2)21(28)26-8-6-18(7-9-26)10-20(27)25-24-13-19-11-22(3,15-24)14-23(4,12-19)16-24/h17-19H,5-16H2,1-4H3,(H,25,27)/t17?,19?,22-,23+,24?. The fourth-order valence-electron chi connectivity index (χ4n) is 8.04. The molecule has 158 valence electrons. The molecular weight excluding hydrogens is 348 g/mol. The first kappa shape index (κ1) is 20.2. The van der Waals surface area contributed by atoms with Crippen LogP contribution in [0.2, 0.25) is 0 Å². The topological polar surface area (TPSA) is 49.4 Å². The van der Waals surface area contributed by atoms with E-state index in [1.807, 2.05) is 11.8 Å². The molecule has 3 unspecified atom stereocenters. The minimum absolute atomic E-state index is 0.0627. The predicted octanol–water partition coefficient (Wildman–Crippen LogP) is 4.53. The molecule has 5 rings (SSSR count). The van der Waals surface area contributed by atoms with Crippen LogP contribution in [-0.2, 0) is 9.59 Å². The molecule has 4 aliphatic carbocycles. The number of rotatable bonds is 5. The van der Waals surface area contributed by atoms with Crippen LogP contribution in [0, 0.1) is 28.6 Å². The van der Waals surface area contributed by atoms with Crippen molar-refractivity contribution >= 4 is 11.8 Å². The van der Waals surface area contributed by atoms with E-state index in [9.17, 15) is 9.59 Å². The van der Waals surface area contributed by atoms with Crippen LogP contribution < -0.4 is 5.32 Å². The van der Waals surface area contributed by atoms with Gasteiger partial charge in [0.1, 0.15) is 0 Å². The lowest BCUT2D eigenvalue weighted by Crippen LogP contribution is -2.65. The zero-order valence-electron chi connectivity index (χ0n) is 18.5. The normalized spacial score (nSPS) is 41.1. The number of amides is 2. The summed E-state index contributed by atoms with van der Waals surface area (Å²) in [5, 5.41) is 3.56. The highest BCUT2D eigenvalue weighted by atomic mass is 16.2. The van der Waals surface area contributed by atoms with E-state index in [4.69, 9.17) is 0 Å². The van der Waals surface area contributed by atoms with Gasteiger partial charge < -0.3 is 10.2 Å². The summed E-state index contributed by atoms with van der Waals surface area (Å²) in [5.41, 5.74) is 0.930. The molecule has 0 spiro atoms. The summed E-state index contributed by atoms with van der Waals surface area (Å²) in [4.78, 5) is 27.4. The van der Waals surface area contributed by atoms with Crippen LogP contribution in [0.25, 0.3) is 0 Å². The highest BCUT2D eigenvalue weighted by Crippen LogP contribution is 2.66. The van der Waals surface area contributed by atoms with E-state index in [1.165, 1.54) is 38.5 Å². The van der Waals surface area contributed by atoms with Crippen LogP contribution in [0.5, 0.6) is 0 Å². The Kier molecular flexibility index (Phi) is 5.07. The summed E-state index contributed by atoms with van der Waals surface area (Å²) >= 11 is 0. The molecular formula is C24H40N2O2. The third-order valence-corrected chi connectivity index (χ3v) is 8.47. The number of hydrogen-bond acceptors (Lipinski definition) is 2. The second-order valence-corrected chi connectivity index (χ2v) is 11.7. The first-order valence-corrected chi connectivity index (χ1v) is 11.7. The molecule has 4 saturated carbocycles. The minimum atomic E-state index is 0.0627. The van der Waals surface area contributed by atoms with E-state index in [2.05, 4.69) is 26.1 Å². The van der Waals surface area contributed by atoms with Crippen LogP contribution in [0.15, 0.2) is 0 Å². The molecule has 4 heteroatoms. The molecule has 28 heavy (non-hydrogen) atoms. The first-order chi connectivity index (χ1) is 13.1. The lowest BCUT2D eigenvalue weighted by Gasteiger charge is -2.65. The average molecular weight is 389 g/mol. The quantitative estimate of drug-likeness (QED) is 0.752. The minimum Gasteiger partial charge on any atom is -0.351 e. The molecule has 0 aromatic rings. The van der Waals surface area contributed by atoms with Crippen LogP contribution in [0.3, 0.4) is 0 Å². The van der Waals surface area contributed by atoms with Crippen molar-refractivity contribution in [3.8, 4) is 0 Å². The zero-order chi connectivity index (χ0) is 20.2. The van der Waals surface area contributed by atoms with Crippen molar-refractivity contribution in [2.24, 2.45) is 28.6 Å². The number of piperidine rings is 1. The lowest BCUT2D eigenvalue weighted by atomic mass is 9.43. The van der Waals surface area contributed by atoms with E-state index in [-0.39, 0.29) is 17.4 Å². The Bertz CT molecular complexity index is 619. The number of nitrogens with one attached hydrogen (secondary N) is 1. The van der Waals surface area contributed by atoms with Crippen molar-refractivity contribution in [3.63, 3.8) is 0 Å². The van der Waals surface area contributed by atoms with Gasteiger partial charge in [0, 0.05) is 31.0 Å². The number of likely N-dealkylation sites (tertiary alicyclic amines) is 1. The van der Waals surface area contributed by atoms with Gasteiger partial charge in [-0.1, -0.05) is 27.7 Å². The molecule has 0 aromatic heterocycles. The van der Waals surface area contributed by atoms with Gasteiger partial charge in [-0.05, 0) is 80.5 Å². The maximum absolute atomic E-state index is 13.0. The van der Waals surface area contributed by atoms with Crippen molar-refractivity contribution in [3.05, 3.63) is 0 Å². The molecule has 5 fully saturated rings. The summed E-state index contributed by atoms with van der Waals surface area (Å²) in [6, 6.07) is 0. The first-order valence-electron chi connectivity index (χ1n) is 11.7. The summed E-state index contributed by atoms with van der Waals surface area (Å²) in [6.07, 6.45) is 11.1. The second kappa shape index (κ2) is 7.02. The fraction of sp³-hybridized carbons (Fsp3) is 0.917. The molecule has 1 heterocycles. The second-order valence-electron chi connectivity index (χ2n) is 11.7. The third-order valence-electron chi connectivity index (χ3n) is 8.47. The fourth-order valence-corrected chi connectivity index (χ4v) is 8.04. The predicted molar refractivity (Wildman–Crippen MR) is 112 cm³/mol. The Morgan fingerprint density at radius 3 is 2.18 bits per heavy atom. The van der Waals surface area contributed by atoms with Gasteiger partial charge in [-0.25, -0.2) is 0 Å². The van der Waals surface area contributed by atoms with Crippen LogP contribution in [-0.4, -0.2) is 35.3 Å². The molecule has 1 saturated heterocycles.